The van der Waals surface area contributed by atoms with Crippen LogP contribution in [0.25, 0.3) is 21.1 Å². The number of hydrogen-bond acceptors (Lipinski definition) is 4. The summed E-state index contributed by atoms with van der Waals surface area (Å²) in [6.45, 7) is 0. The molecule has 0 aliphatic rings. The van der Waals surface area contributed by atoms with E-state index in [0.29, 0.717) is 5.88 Å². The molecule has 0 fully saturated rings. The number of ether oxygens (including phenoxy) is 1. The van der Waals surface area contributed by atoms with Crippen molar-refractivity contribution in [2.75, 3.05) is 7.11 Å². The summed E-state index contributed by atoms with van der Waals surface area (Å²) in [5.74, 6) is 0.628. The van der Waals surface area contributed by atoms with Crippen LogP contribution in [0.2, 0.25) is 0 Å². The predicted molar refractivity (Wildman–Crippen MR) is 95.3 cm³/mol. The van der Waals surface area contributed by atoms with E-state index in [1.807, 2.05) is 24.3 Å². The fourth-order valence-corrected chi connectivity index (χ4v) is 3.82. The average Bonchev–Trinajstić information content (AvgIpc) is 3.02. The van der Waals surface area contributed by atoms with Crippen LogP contribution in [0.15, 0.2) is 53.9 Å². The van der Waals surface area contributed by atoms with Crippen LogP contribution in [0, 0.1) is 0 Å². The van der Waals surface area contributed by atoms with E-state index in [4.69, 9.17) is 9.72 Å². The highest BCUT2D eigenvalue weighted by atomic mass is 32.1. The second-order valence-corrected chi connectivity index (χ2v) is 6.34. The Kier molecular flexibility index (Phi) is 3.67. The van der Waals surface area contributed by atoms with Gasteiger partial charge in [0.1, 0.15) is 5.69 Å². The third-order valence-electron chi connectivity index (χ3n) is 3.99. The minimum absolute atomic E-state index is 0.628. The maximum atomic E-state index is 5.44. The van der Waals surface area contributed by atoms with Crippen molar-refractivity contribution in [1.29, 1.82) is 0 Å². The minimum Gasteiger partial charge on any atom is -0.480 e. The molecule has 0 amide bonds. The summed E-state index contributed by atoms with van der Waals surface area (Å²) in [7, 11) is 1.66. The average molecular weight is 320 g/mol. The molecule has 0 aliphatic heterocycles. The quantitative estimate of drug-likeness (QED) is 0.549. The van der Waals surface area contributed by atoms with E-state index < -0.39 is 0 Å². The highest BCUT2D eigenvalue weighted by Crippen LogP contribution is 2.27. The van der Waals surface area contributed by atoms with Gasteiger partial charge < -0.3 is 4.74 Å². The lowest BCUT2D eigenvalue weighted by Crippen LogP contribution is -2.01. The van der Waals surface area contributed by atoms with Gasteiger partial charge in [-0.15, -0.1) is 11.3 Å². The highest BCUT2D eigenvalue weighted by Gasteiger charge is 2.11. The van der Waals surface area contributed by atoms with Crippen LogP contribution < -0.4 is 4.74 Å². The lowest BCUT2D eigenvalue weighted by molar-refractivity contribution is 0.391. The number of aryl methyl sites for hydroxylation is 2. The summed E-state index contributed by atoms with van der Waals surface area (Å²) in [4.78, 5) is 9.32. The fourth-order valence-electron chi connectivity index (χ4n) is 2.83. The maximum Gasteiger partial charge on any atom is 0.235 e. The van der Waals surface area contributed by atoms with Crippen molar-refractivity contribution in [3.8, 4) is 5.88 Å². The van der Waals surface area contributed by atoms with Gasteiger partial charge in [-0.05, 0) is 47.4 Å². The van der Waals surface area contributed by atoms with Gasteiger partial charge in [-0.3, -0.25) is 0 Å². The van der Waals surface area contributed by atoms with Crippen molar-refractivity contribution in [3.63, 3.8) is 0 Å². The summed E-state index contributed by atoms with van der Waals surface area (Å²) < 4.78 is 6.77. The normalized spacial score (nSPS) is 11.2. The number of hydrogen-bond donors (Lipinski definition) is 0. The van der Waals surface area contributed by atoms with Gasteiger partial charge in [-0.1, -0.05) is 30.3 Å². The Morgan fingerprint density at radius 1 is 0.913 bits per heavy atom. The van der Waals surface area contributed by atoms with Gasteiger partial charge in [0.25, 0.3) is 0 Å². The van der Waals surface area contributed by atoms with Crippen LogP contribution in [0.3, 0.4) is 0 Å². The zero-order chi connectivity index (χ0) is 15.6. The van der Waals surface area contributed by atoms with Gasteiger partial charge in [-0.25, -0.2) is 9.97 Å². The minimum atomic E-state index is 0.628. The van der Waals surface area contributed by atoms with E-state index in [1.54, 1.807) is 18.4 Å². The largest absolute Gasteiger partial charge is 0.480 e. The third kappa shape index (κ3) is 2.66. The molecule has 2 aromatic carbocycles. The summed E-state index contributed by atoms with van der Waals surface area (Å²) in [5.41, 5.74) is 4.07. The molecule has 114 valence electrons. The van der Waals surface area contributed by atoms with Crippen LogP contribution in [0.5, 0.6) is 5.88 Å². The third-order valence-corrected chi connectivity index (χ3v) is 5.00. The van der Waals surface area contributed by atoms with E-state index in [-0.39, 0.29) is 0 Å². The topological polar surface area (TPSA) is 35.0 Å². The molecule has 0 unspecified atom stereocenters. The summed E-state index contributed by atoms with van der Waals surface area (Å²) in [5, 5.41) is 3.58. The predicted octanol–water partition coefficient (Wildman–Crippen LogP) is 4.64. The van der Waals surface area contributed by atoms with Gasteiger partial charge in [0.15, 0.2) is 0 Å². The standard InChI is InChI=1S/C19H16N2OS/c1-22-19-17(20-15-7-3-4-8-16(15)21-19)11-10-13-12-23-18-9-5-2-6-14(13)18/h2-9,12H,10-11H2,1H3. The Morgan fingerprint density at radius 3 is 2.48 bits per heavy atom. The monoisotopic (exact) mass is 320 g/mol. The Balaban J connectivity index is 1.67. The van der Waals surface area contributed by atoms with Crippen molar-refractivity contribution < 1.29 is 4.74 Å². The first-order valence-corrected chi connectivity index (χ1v) is 8.48. The zero-order valence-corrected chi connectivity index (χ0v) is 13.6. The molecule has 0 N–H and O–H groups in total. The number of aromatic nitrogens is 2. The molecule has 0 radical (unpaired) electrons. The summed E-state index contributed by atoms with van der Waals surface area (Å²) in [6.07, 6.45) is 1.76. The lowest BCUT2D eigenvalue weighted by atomic mass is 10.1. The Bertz CT molecular complexity index is 977. The van der Waals surface area contributed by atoms with Crippen molar-refractivity contribution in [2.45, 2.75) is 12.8 Å². The second kappa shape index (κ2) is 5.97. The Hall–Kier alpha value is -2.46. The maximum absolute atomic E-state index is 5.44. The van der Waals surface area contributed by atoms with Gasteiger partial charge >= 0.3 is 0 Å². The number of para-hydroxylation sites is 2. The Morgan fingerprint density at radius 2 is 1.65 bits per heavy atom. The Labute approximate surface area is 138 Å². The molecule has 0 saturated heterocycles. The van der Waals surface area contributed by atoms with Crippen molar-refractivity contribution in [2.24, 2.45) is 0 Å². The number of rotatable bonds is 4. The van der Waals surface area contributed by atoms with Crippen LogP contribution >= 0.6 is 11.3 Å². The molecular formula is C19H16N2OS. The number of thiophene rings is 1. The summed E-state index contributed by atoms with van der Waals surface area (Å²) >= 11 is 1.79. The van der Waals surface area contributed by atoms with Crippen molar-refractivity contribution in [3.05, 3.63) is 65.2 Å². The van der Waals surface area contributed by atoms with Crippen LogP contribution in [0.1, 0.15) is 11.3 Å². The van der Waals surface area contributed by atoms with Crippen LogP contribution in [0.4, 0.5) is 0 Å². The fraction of sp³-hybridized carbons (Fsp3) is 0.158. The molecule has 0 bridgehead atoms. The van der Waals surface area contributed by atoms with Gasteiger partial charge in [0.05, 0.1) is 18.1 Å². The smallest absolute Gasteiger partial charge is 0.235 e. The highest BCUT2D eigenvalue weighted by molar-refractivity contribution is 7.17. The number of fused-ring (bicyclic) bond motifs is 2. The lowest BCUT2D eigenvalue weighted by Gasteiger charge is -2.08. The van der Waals surface area contributed by atoms with Gasteiger partial charge in [0, 0.05) is 4.70 Å². The zero-order valence-electron chi connectivity index (χ0n) is 12.8. The molecular weight excluding hydrogens is 304 g/mol. The first kappa shape index (κ1) is 14.2. The van der Waals surface area contributed by atoms with E-state index in [9.17, 15) is 0 Å². The van der Waals surface area contributed by atoms with E-state index in [0.717, 1.165) is 29.6 Å². The van der Waals surface area contributed by atoms with Crippen LogP contribution in [-0.2, 0) is 12.8 Å². The number of methoxy groups -OCH3 is 1. The van der Waals surface area contributed by atoms with Crippen molar-refractivity contribution >= 4 is 32.5 Å². The van der Waals surface area contributed by atoms with E-state index >= 15 is 0 Å². The summed E-state index contributed by atoms with van der Waals surface area (Å²) in [6, 6.07) is 16.4. The van der Waals surface area contributed by atoms with Gasteiger partial charge in [-0.2, -0.15) is 0 Å². The number of nitrogens with zero attached hydrogens (tertiary/aromatic N) is 2. The molecule has 3 nitrogen and oxygen atoms in total. The molecule has 0 spiro atoms. The van der Waals surface area contributed by atoms with Gasteiger partial charge in [0.2, 0.25) is 5.88 Å². The molecule has 0 atom stereocenters. The first-order chi connectivity index (χ1) is 11.3. The van der Waals surface area contributed by atoms with E-state index in [2.05, 4.69) is 34.6 Å². The molecule has 0 saturated carbocycles. The molecule has 2 heterocycles. The van der Waals surface area contributed by atoms with E-state index in [1.165, 1.54) is 15.6 Å². The first-order valence-electron chi connectivity index (χ1n) is 7.60. The molecule has 0 aliphatic carbocycles. The van der Waals surface area contributed by atoms with Crippen LogP contribution in [-0.4, -0.2) is 17.1 Å². The second-order valence-electron chi connectivity index (χ2n) is 5.43. The molecule has 4 heteroatoms. The molecule has 2 aromatic heterocycles. The molecule has 4 rings (SSSR count). The SMILES string of the molecule is COc1nc2ccccc2nc1CCc1csc2ccccc12. The number of benzene rings is 2. The van der Waals surface area contributed by atoms with Crippen molar-refractivity contribution in [1.82, 2.24) is 9.97 Å². The molecule has 23 heavy (non-hydrogen) atoms. The molecule has 4 aromatic rings.